The molecule has 33 heavy (non-hydrogen) atoms. The van der Waals surface area contributed by atoms with Gasteiger partial charge in [-0.25, -0.2) is 17.7 Å². The van der Waals surface area contributed by atoms with Gasteiger partial charge in [0.05, 0.1) is 27.4 Å². The third-order valence-electron chi connectivity index (χ3n) is 6.15. The molecule has 2 aromatic heterocycles. The van der Waals surface area contributed by atoms with Crippen molar-refractivity contribution >= 4 is 38.3 Å². The van der Waals surface area contributed by atoms with Crippen molar-refractivity contribution in [2.24, 2.45) is 0 Å². The average Bonchev–Trinajstić information content (AvgIpc) is 3.37. The molecule has 1 amide bonds. The van der Waals surface area contributed by atoms with Gasteiger partial charge in [-0.3, -0.25) is 9.69 Å². The second-order valence-corrected chi connectivity index (χ2v) is 12.1. The minimum absolute atomic E-state index is 0.0165. The summed E-state index contributed by atoms with van der Waals surface area (Å²) in [6, 6.07) is 9.20. The van der Waals surface area contributed by atoms with Crippen LogP contribution in [0.3, 0.4) is 0 Å². The number of nitrogens with zero attached hydrogens (tertiary/aromatic N) is 4. The first kappa shape index (κ1) is 23.9. The van der Waals surface area contributed by atoms with Crippen LogP contribution in [0.25, 0.3) is 11.0 Å². The lowest BCUT2D eigenvalue weighted by Crippen LogP contribution is -2.44. The number of hydrogen-bond acceptors (Lipinski definition) is 6. The SMILES string of the molecule is CCn1c(CN2CCC(NC(=O)c3ccc(C)s3)CC2)nc2cc(S(=O)(=O)N(C)C)ccc21. The Morgan fingerprint density at radius 2 is 1.94 bits per heavy atom. The average molecular weight is 490 g/mol. The number of aryl methyl sites for hydroxylation is 2. The second-order valence-electron chi connectivity index (χ2n) is 8.64. The molecule has 10 heteroatoms. The summed E-state index contributed by atoms with van der Waals surface area (Å²) >= 11 is 1.52. The predicted octanol–water partition coefficient (Wildman–Crippen LogP) is 3.07. The van der Waals surface area contributed by atoms with Crippen LogP contribution in [0.5, 0.6) is 0 Å². The van der Waals surface area contributed by atoms with Crippen molar-refractivity contribution in [3.63, 3.8) is 0 Å². The first-order chi connectivity index (χ1) is 15.7. The van der Waals surface area contributed by atoms with E-state index in [1.54, 1.807) is 12.1 Å². The Balaban J connectivity index is 1.43. The predicted molar refractivity (Wildman–Crippen MR) is 131 cm³/mol. The molecule has 8 nitrogen and oxygen atoms in total. The summed E-state index contributed by atoms with van der Waals surface area (Å²) in [7, 11) is -0.439. The maximum absolute atomic E-state index is 12.5. The minimum Gasteiger partial charge on any atom is -0.349 e. The molecule has 0 atom stereocenters. The molecule has 3 heterocycles. The molecule has 0 radical (unpaired) electrons. The maximum Gasteiger partial charge on any atom is 0.261 e. The van der Waals surface area contributed by atoms with Crippen LogP contribution >= 0.6 is 11.3 Å². The molecule has 0 aliphatic carbocycles. The molecule has 178 valence electrons. The Morgan fingerprint density at radius 3 is 2.55 bits per heavy atom. The number of carbonyl (C=O) groups excluding carboxylic acids is 1. The van der Waals surface area contributed by atoms with Crippen molar-refractivity contribution in [2.45, 2.75) is 50.7 Å². The number of aromatic nitrogens is 2. The largest absolute Gasteiger partial charge is 0.349 e. The van der Waals surface area contributed by atoms with E-state index in [9.17, 15) is 13.2 Å². The number of thiophene rings is 1. The third kappa shape index (κ3) is 4.98. The van der Waals surface area contributed by atoms with E-state index in [2.05, 4.69) is 21.7 Å². The molecule has 1 N–H and O–H groups in total. The number of nitrogens with one attached hydrogen (secondary N) is 1. The van der Waals surface area contributed by atoms with Crippen molar-refractivity contribution in [3.05, 3.63) is 45.9 Å². The first-order valence-electron chi connectivity index (χ1n) is 11.2. The second kappa shape index (κ2) is 9.54. The fraction of sp³-hybridized carbons (Fsp3) is 0.478. The molecule has 0 unspecified atom stereocenters. The van der Waals surface area contributed by atoms with Gasteiger partial charge >= 0.3 is 0 Å². The van der Waals surface area contributed by atoms with Gasteiger partial charge in [-0.2, -0.15) is 0 Å². The number of benzene rings is 1. The monoisotopic (exact) mass is 489 g/mol. The molecule has 0 spiro atoms. The molecular formula is C23H31N5O3S2. The zero-order chi connectivity index (χ0) is 23.8. The molecule has 1 aliphatic heterocycles. The number of rotatable bonds is 7. The maximum atomic E-state index is 12.5. The zero-order valence-electron chi connectivity index (χ0n) is 19.5. The van der Waals surface area contributed by atoms with Gasteiger partial charge in [0.2, 0.25) is 10.0 Å². The van der Waals surface area contributed by atoms with E-state index in [-0.39, 0.29) is 16.8 Å². The van der Waals surface area contributed by atoms with Crippen LogP contribution in [-0.4, -0.2) is 66.3 Å². The normalized spacial score (nSPS) is 16.0. The highest BCUT2D eigenvalue weighted by atomic mass is 32.2. The fourth-order valence-corrected chi connectivity index (χ4v) is 5.95. The van der Waals surface area contributed by atoms with E-state index in [1.807, 2.05) is 25.1 Å². The Morgan fingerprint density at radius 1 is 1.21 bits per heavy atom. The van der Waals surface area contributed by atoms with Gasteiger partial charge in [0.15, 0.2) is 0 Å². The van der Waals surface area contributed by atoms with Crippen LogP contribution in [0.1, 0.15) is 40.1 Å². The number of sulfonamides is 1. The van der Waals surface area contributed by atoms with E-state index in [4.69, 9.17) is 4.98 Å². The summed E-state index contributed by atoms with van der Waals surface area (Å²) in [6.07, 6.45) is 1.79. The van der Waals surface area contributed by atoms with Gasteiger partial charge in [0.25, 0.3) is 5.91 Å². The van der Waals surface area contributed by atoms with E-state index < -0.39 is 10.0 Å². The Hall–Kier alpha value is -2.27. The quantitative estimate of drug-likeness (QED) is 0.551. The van der Waals surface area contributed by atoms with Crippen LogP contribution in [-0.2, 0) is 23.1 Å². The van der Waals surface area contributed by atoms with Crippen LogP contribution in [0, 0.1) is 6.92 Å². The molecular weight excluding hydrogens is 458 g/mol. The molecule has 0 saturated carbocycles. The lowest BCUT2D eigenvalue weighted by Gasteiger charge is -2.32. The van der Waals surface area contributed by atoms with Gasteiger partial charge < -0.3 is 9.88 Å². The van der Waals surface area contributed by atoms with Gasteiger partial charge in [-0.05, 0) is 57.0 Å². The minimum atomic E-state index is -3.50. The molecule has 1 fully saturated rings. The lowest BCUT2D eigenvalue weighted by molar-refractivity contribution is 0.0912. The van der Waals surface area contributed by atoms with E-state index >= 15 is 0 Å². The zero-order valence-corrected chi connectivity index (χ0v) is 21.2. The number of fused-ring (bicyclic) bond motifs is 1. The Kier molecular flexibility index (Phi) is 6.90. The first-order valence-corrected chi connectivity index (χ1v) is 13.5. The summed E-state index contributed by atoms with van der Waals surface area (Å²) in [5, 5.41) is 3.17. The summed E-state index contributed by atoms with van der Waals surface area (Å²) in [5.41, 5.74) is 1.64. The topological polar surface area (TPSA) is 87.5 Å². The summed E-state index contributed by atoms with van der Waals surface area (Å²) < 4.78 is 28.4. The lowest BCUT2D eigenvalue weighted by atomic mass is 10.0. The Labute approximate surface area is 199 Å². The van der Waals surface area contributed by atoms with Crippen molar-refractivity contribution in [1.29, 1.82) is 0 Å². The van der Waals surface area contributed by atoms with E-state index in [1.165, 1.54) is 29.7 Å². The number of imidazole rings is 1. The number of hydrogen-bond donors (Lipinski definition) is 1. The molecule has 0 bridgehead atoms. The van der Waals surface area contributed by atoms with Crippen molar-refractivity contribution in [3.8, 4) is 0 Å². The van der Waals surface area contributed by atoms with Crippen LogP contribution < -0.4 is 5.32 Å². The van der Waals surface area contributed by atoms with Gasteiger partial charge in [0, 0.05) is 44.6 Å². The van der Waals surface area contributed by atoms with Crippen molar-refractivity contribution in [2.75, 3.05) is 27.2 Å². The van der Waals surface area contributed by atoms with Crippen LogP contribution in [0.2, 0.25) is 0 Å². The number of carbonyl (C=O) groups is 1. The highest BCUT2D eigenvalue weighted by Crippen LogP contribution is 2.24. The van der Waals surface area contributed by atoms with Gasteiger partial charge in [-0.15, -0.1) is 11.3 Å². The smallest absolute Gasteiger partial charge is 0.261 e. The van der Waals surface area contributed by atoms with E-state index in [0.29, 0.717) is 12.1 Å². The van der Waals surface area contributed by atoms with Crippen LogP contribution in [0.4, 0.5) is 0 Å². The standard InChI is InChI=1S/C23H31N5O3S2/c1-5-28-20-8-7-18(33(30,31)26(3)4)14-19(20)25-22(28)15-27-12-10-17(11-13-27)24-23(29)21-9-6-16(2)32-21/h6-9,14,17H,5,10-13,15H2,1-4H3,(H,24,29). The molecule has 4 rings (SSSR count). The van der Waals surface area contributed by atoms with E-state index in [0.717, 1.165) is 53.6 Å². The van der Waals surface area contributed by atoms with Crippen molar-refractivity contribution < 1.29 is 13.2 Å². The number of likely N-dealkylation sites (tertiary alicyclic amines) is 1. The molecule has 1 saturated heterocycles. The van der Waals surface area contributed by atoms with Gasteiger partial charge in [0.1, 0.15) is 5.82 Å². The molecule has 1 aliphatic rings. The fourth-order valence-electron chi connectivity index (χ4n) is 4.25. The summed E-state index contributed by atoms with van der Waals surface area (Å²) in [5.74, 6) is 0.950. The summed E-state index contributed by atoms with van der Waals surface area (Å²) in [6.45, 7) is 7.29. The van der Waals surface area contributed by atoms with Gasteiger partial charge in [-0.1, -0.05) is 0 Å². The molecule has 1 aromatic carbocycles. The van der Waals surface area contributed by atoms with Crippen LogP contribution in [0.15, 0.2) is 35.2 Å². The highest BCUT2D eigenvalue weighted by molar-refractivity contribution is 7.89. The highest BCUT2D eigenvalue weighted by Gasteiger charge is 2.24. The Bertz CT molecular complexity index is 1250. The van der Waals surface area contributed by atoms with Crippen molar-refractivity contribution in [1.82, 2.24) is 24.1 Å². The molecule has 3 aromatic rings. The summed E-state index contributed by atoms with van der Waals surface area (Å²) in [4.78, 5) is 21.7. The number of piperidine rings is 1. The number of amides is 1. The third-order valence-corrected chi connectivity index (χ3v) is 8.96.